The van der Waals surface area contributed by atoms with Gasteiger partial charge in [0.1, 0.15) is 12.2 Å². The highest BCUT2D eigenvalue weighted by Crippen LogP contribution is 2.70. The fraction of sp³-hybridized carbons (Fsp3) is 0.792. The first-order valence-electron chi connectivity index (χ1n) is 22.7. The predicted molar refractivity (Wildman–Crippen MR) is 219 cm³/mol. The molecule has 0 saturated heterocycles. The standard InChI is InChI=1S/C25H36O6.C23H32O6/c1-4-5-21(30)31-25(20(29)14-26)11-9-18-17-7-6-15-12-16(27)8-10-23(15,2)22(17)19(28)13-24(18,25)3;1-13(24)29-12-19(27)23(28)9-7-17-16-5-4-14-10-15(25)6-8-21(14,2)20(16)18(26)11-22(17,23)3/h12,17-19,22,26,28H,4-11,13-14H2,1-3H3;10,16-18,20,26,28H,4-9,11-12H2,1-3H3/t17-,18-,19-,22+,23-,24-,25-;16-,17-,18-,20+,21-,22-,23-/m00/s1. The first-order valence-corrected chi connectivity index (χ1v) is 22.7. The fourth-order valence-corrected chi connectivity index (χ4v) is 15.4. The number of ether oxygens (including phenoxy) is 2. The van der Waals surface area contributed by atoms with E-state index in [9.17, 15) is 49.2 Å². The SMILES string of the molecule is CC(=O)OCC(=O)[C@@]1(O)CC[C@H]2[C@@H]3CCC4=CC(=O)CC[C@]4(C)[C@H]3[C@@H](O)C[C@@]21C.CCCC(=O)O[C@]1(C(=O)CO)CC[C@H]2[C@@H]3CCC4=CC(=O)CC[C@]4(C)[C@H]3[C@@H](O)C[C@@]21C. The summed E-state index contributed by atoms with van der Waals surface area (Å²) >= 11 is 0. The van der Waals surface area contributed by atoms with E-state index < -0.39 is 71.0 Å². The lowest BCUT2D eigenvalue weighted by molar-refractivity contribution is -0.202. The molecular weight excluding hydrogens is 769 g/mol. The van der Waals surface area contributed by atoms with Crippen LogP contribution in [0.2, 0.25) is 0 Å². The molecule has 0 bridgehead atoms. The first kappa shape index (κ1) is 45.0. The van der Waals surface area contributed by atoms with E-state index >= 15 is 0 Å². The summed E-state index contributed by atoms with van der Waals surface area (Å²) < 4.78 is 10.8. The molecule has 0 spiro atoms. The molecule has 0 aromatic heterocycles. The Balaban J connectivity index is 0.000000182. The fourth-order valence-electron chi connectivity index (χ4n) is 15.4. The van der Waals surface area contributed by atoms with Gasteiger partial charge in [-0.05, 0) is 142 Å². The molecule has 4 N–H and O–H groups in total. The van der Waals surface area contributed by atoms with Gasteiger partial charge in [-0.25, -0.2) is 0 Å². The van der Waals surface area contributed by atoms with E-state index in [1.807, 2.05) is 20.8 Å². The van der Waals surface area contributed by atoms with Gasteiger partial charge in [0.25, 0.3) is 0 Å². The molecule has 0 aliphatic heterocycles. The lowest BCUT2D eigenvalue weighted by atomic mass is 9.45. The van der Waals surface area contributed by atoms with Crippen molar-refractivity contribution >= 4 is 35.1 Å². The molecule has 8 aliphatic carbocycles. The number of ketones is 4. The van der Waals surface area contributed by atoms with Gasteiger partial charge in [-0.1, -0.05) is 45.8 Å². The molecule has 12 nitrogen and oxygen atoms in total. The topological polar surface area (TPSA) is 202 Å². The second-order valence-electron chi connectivity index (χ2n) is 20.9. The van der Waals surface area contributed by atoms with Crippen LogP contribution >= 0.6 is 0 Å². The number of fused-ring (bicyclic) bond motifs is 10. The molecule has 8 rings (SSSR count). The maximum atomic E-state index is 13.1. The lowest BCUT2D eigenvalue weighted by Gasteiger charge is -2.60. The summed E-state index contributed by atoms with van der Waals surface area (Å²) in [6, 6.07) is 0. The van der Waals surface area contributed by atoms with Crippen molar-refractivity contribution in [3.63, 3.8) is 0 Å². The molecule has 0 unspecified atom stereocenters. The second-order valence-corrected chi connectivity index (χ2v) is 20.9. The Hall–Kier alpha value is -3.06. The molecule has 0 aromatic rings. The summed E-state index contributed by atoms with van der Waals surface area (Å²) in [5.74, 6) is -0.782. The van der Waals surface area contributed by atoms with E-state index in [0.717, 1.165) is 62.5 Å². The number of carbonyl (C=O) groups is 6. The molecule has 8 aliphatic rings. The van der Waals surface area contributed by atoms with Gasteiger partial charge in [-0.3, -0.25) is 28.8 Å². The minimum absolute atomic E-state index is 0.0325. The second kappa shape index (κ2) is 15.9. The van der Waals surface area contributed by atoms with Crippen molar-refractivity contribution in [3.05, 3.63) is 23.3 Å². The van der Waals surface area contributed by atoms with Crippen LogP contribution in [0.5, 0.6) is 0 Å². The van der Waals surface area contributed by atoms with Crippen molar-refractivity contribution in [3.8, 4) is 0 Å². The van der Waals surface area contributed by atoms with E-state index in [-0.39, 0.29) is 64.3 Å². The number of aliphatic hydroxyl groups is 4. The van der Waals surface area contributed by atoms with Crippen LogP contribution in [0.3, 0.4) is 0 Å². The molecule has 0 radical (unpaired) electrons. The number of hydrogen-bond donors (Lipinski definition) is 4. The Kier molecular flexibility index (Phi) is 11.9. The molecule has 14 atom stereocenters. The van der Waals surface area contributed by atoms with Gasteiger partial charge >= 0.3 is 11.9 Å². The zero-order chi connectivity index (χ0) is 43.8. The predicted octanol–water partition coefficient (Wildman–Crippen LogP) is 5.49. The van der Waals surface area contributed by atoms with Crippen LogP contribution in [-0.4, -0.2) is 92.1 Å². The highest BCUT2D eigenvalue weighted by Gasteiger charge is 2.71. The zero-order valence-corrected chi connectivity index (χ0v) is 36.6. The number of aliphatic hydroxyl groups excluding tert-OH is 3. The van der Waals surface area contributed by atoms with Gasteiger partial charge in [0.15, 0.2) is 23.8 Å². The number of Topliss-reactive ketones (excluding diaryl/α,β-unsaturated/α-hetero) is 2. The Morgan fingerprint density at radius 3 is 1.72 bits per heavy atom. The smallest absolute Gasteiger partial charge is 0.306 e. The number of esters is 2. The van der Waals surface area contributed by atoms with Crippen molar-refractivity contribution < 1.29 is 58.7 Å². The Bertz CT molecular complexity index is 1870. The average molecular weight is 837 g/mol. The van der Waals surface area contributed by atoms with Crippen molar-refractivity contribution in [1.29, 1.82) is 0 Å². The van der Waals surface area contributed by atoms with Gasteiger partial charge in [-0.15, -0.1) is 0 Å². The van der Waals surface area contributed by atoms with Gasteiger partial charge in [-0.2, -0.15) is 0 Å². The third kappa shape index (κ3) is 6.75. The highest BCUT2D eigenvalue weighted by atomic mass is 16.6. The molecule has 6 saturated carbocycles. The summed E-state index contributed by atoms with van der Waals surface area (Å²) in [6.45, 7) is 10.3. The van der Waals surface area contributed by atoms with Crippen LogP contribution in [0.25, 0.3) is 0 Å². The summed E-state index contributed by atoms with van der Waals surface area (Å²) in [5, 5.41) is 44.0. The third-order valence-electron chi connectivity index (χ3n) is 18.3. The number of hydrogen-bond acceptors (Lipinski definition) is 12. The summed E-state index contributed by atoms with van der Waals surface area (Å²) in [6.07, 6.45) is 12.0. The summed E-state index contributed by atoms with van der Waals surface area (Å²) in [7, 11) is 0. The lowest BCUT2D eigenvalue weighted by Crippen LogP contribution is -2.63. The average Bonchev–Trinajstić information content (AvgIpc) is 3.63. The van der Waals surface area contributed by atoms with E-state index in [1.165, 1.54) is 6.92 Å². The van der Waals surface area contributed by atoms with Crippen molar-refractivity contribution in [2.45, 2.75) is 168 Å². The summed E-state index contributed by atoms with van der Waals surface area (Å²) in [5.41, 5.74) is -2.48. The molecule has 12 heteroatoms. The van der Waals surface area contributed by atoms with Gasteiger partial charge in [0, 0.05) is 37.0 Å². The van der Waals surface area contributed by atoms with Crippen LogP contribution in [0, 0.1) is 57.2 Å². The first-order chi connectivity index (χ1) is 28.2. The van der Waals surface area contributed by atoms with Gasteiger partial charge in [0.05, 0.1) is 12.2 Å². The van der Waals surface area contributed by atoms with Crippen LogP contribution in [-0.2, 0) is 38.2 Å². The van der Waals surface area contributed by atoms with Gasteiger partial charge < -0.3 is 29.9 Å². The Morgan fingerprint density at radius 2 is 1.22 bits per heavy atom. The van der Waals surface area contributed by atoms with Crippen LogP contribution in [0.4, 0.5) is 0 Å². The summed E-state index contributed by atoms with van der Waals surface area (Å²) in [4.78, 5) is 73.6. The zero-order valence-electron chi connectivity index (χ0n) is 36.6. The Labute approximate surface area is 354 Å². The highest BCUT2D eigenvalue weighted by molar-refractivity contribution is 5.93. The van der Waals surface area contributed by atoms with Crippen LogP contribution < -0.4 is 0 Å². The van der Waals surface area contributed by atoms with Gasteiger partial charge in [0.2, 0.25) is 11.6 Å². The minimum atomic E-state index is -1.58. The molecule has 0 aromatic carbocycles. The molecular formula is C48H68O12. The molecule has 60 heavy (non-hydrogen) atoms. The number of allylic oxidation sites excluding steroid dienone is 2. The Morgan fingerprint density at radius 1 is 0.717 bits per heavy atom. The minimum Gasteiger partial charge on any atom is -0.458 e. The quantitative estimate of drug-likeness (QED) is 0.225. The molecule has 0 amide bonds. The number of carbonyl (C=O) groups excluding carboxylic acids is 6. The van der Waals surface area contributed by atoms with Crippen molar-refractivity contribution in [1.82, 2.24) is 0 Å². The van der Waals surface area contributed by atoms with E-state index in [2.05, 4.69) is 13.8 Å². The van der Waals surface area contributed by atoms with E-state index in [4.69, 9.17) is 9.47 Å². The van der Waals surface area contributed by atoms with Crippen molar-refractivity contribution in [2.24, 2.45) is 57.2 Å². The van der Waals surface area contributed by atoms with Crippen molar-refractivity contribution in [2.75, 3.05) is 13.2 Å². The maximum Gasteiger partial charge on any atom is 0.306 e. The molecule has 332 valence electrons. The molecule has 6 fully saturated rings. The molecule has 0 heterocycles. The third-order valence-corrected chi connectivity index (χ3v) is 18.3. The largest absolute Gasteiger partial charge is 0.458 e. The van der Waals surface area contributed by atoms with E-state index in [1.54, 1.807) is 12.2 Å². The van der Waals surface area contributed by atoms with Crippen LogP contribution in [0.1, 0.15) is 144 Å². The number of rotatable bonds is 8. The van der Waals surface area contributed by atoms with Crippen LogP contribution in [0.15, 0.2) is 23.3 Å². The maximum absolute atomic E-state index is 13.1. The van der Waals surface area contributed by atoms with E-state index in [0.29, 0.717) is 44.9 Å². The monoisotopic (exact) mass is 836 g/mol. The normalized spacial score (nSPS) is 45.1.